The van der Waals surface area contributed by atoms with Gasteiger partial charge >= 0.3 is 0 Å². The van der Waals surface area contributed by atoms with E-state index in [2.05, 4.69) is 10.2 Å². The topological polar surface area (TPSA) is 42.9 Å². The molecule has 1 heterocycles. The second-order valence-electron chi connectivity index (χ2n) is 2.82. The molecular weight excluding hydrogens is 176 g/mol. The highest BCUT2D eigenvalue weighted by Crippen LogP contribution is 2.20. The number of fused-ring (bicyclic) bond motifs is 1. The Morgan fingerprint density at radius 3 is 3.00 bits per heavy atom. The molecule has 0 saturated heterocycles. The minimum absolute atomic E-state index is 0.0837. The summed E-state index contributed by atoms with van der Waals surface area (Å²) in [4.78, 5) is 11.3. The molecule has 62 valence electrons. The zero-order chi connectivity index (χ0) is 8.55. The van der Waals surface area contributed by atoms with Crippen molar-refractivity contribution in [2.45, 2.75) is 19.3 Å². The van der Waals surface area contributed by atoms with Crippen LogP contribution in [0.1, 0.15) is 28.9 Å². The average Bonchev–Trinajstić information content (AvgIpc) is 2.04. The van der Waals surface area contributed by atoms with Crippen molar-refractivity contribution in [1.82, 2.24) is 10.2 Å². The second-order valence-corrected chi connectivity index (χ2v) is 3.20. The van der Waals surface area contributed by atoms with Crippen molar-refractivity contribution in [3.63, 3.8) is 0 Å². The van der Waals surface area contributed by atoms with E-state index in [1.54, 1.807) is 6.07 Å². The summed E-state index contributed by atoms with van der Waals surface area (Å²) in [6.07, 6.45) is 2.37. The lowest BCUT2D eigenvalue weighted by atomic mass is 9.96. The van der Waals surface area contributed by atoms with E-state index in [9.17, 15) is 4.79 Å². The first-order valence-electron chi connectivity index (χ1n) is 3.82. The van der Waals surface area contributed by atoms with Crippen molar-refractivity contribution < 1.29 is 4.79 Å². The highest BCUT2D eigenvalue weighted by Gasteiger charge is 2.18. The fourth-order valence-electron chi connectivity index (χ4n) is 1.39. The highest BCUT2D eigenvalue weighted by atomic mass is 35.5. The SMILES string of the molecule is O=C1CCCc2cc(Cl)nnc21. The van der Waals surface area contributed by atoms with Gasteiger partial charge in [-0.05, 0) is 24.5 Å². The number of aryl methyl sites for hydroxylation is 1. The Morgan fingerprint density at radius 1 is 1.33 bits per heavy atom. The highest BCUT2D eigenvalue weighted by molar-refractivity contribution is 6.29. The van der Waals surface area contributed by atoms with Crippen molar-refractivity contribution in [3.8, 4) is 0 Å². The van der Waals surface area contributed by atoms with Gasteiger partial charge in [-0.25, -0.2) is 0 Å². The number of rotatable bonds is 0. The van der Waals surface area contributed by atoms with Crippen LogP contribution >= 0.6 is 11.6 Å². The van der Waals surface area contributed by atoms with Crippen molar-refractivity contribution >= 4 is 17.4 Å². The third-order valence-corrected chi connectivity index (χ3v) is 2.14. The van der Waals surface area contributed by atoms with Crippen LogP contribution in [0.2, 0.25) is 5.15 Å². The number of hydrogen-bond acceptors (Lipinski definition) is 3. The number of Topliss-reactive ketones (excluding diaryl/α,β-unsaturated/α-hetero) is 1. The molecule has 0 aromatic carbocycles. The largest absolute Gasteiger partial charge is 0.292 e. The van der Waals surface area contributed by atoms with Gasteiger partial charge in [-0.15, -0.1) is 10.2 Å². The standard InChI is InChI=1S/C8H7ClN2O/c9-7-4-5-2-1-3-6(12)8(5)11-10-7/h4H,1-3H2. The number of ketones is 1. The lowest BCUT2D eigenvalue weighted by Gasteiger charge is -2.11. The fourth-order valence-corrected chi connectivity index (χ4v) is 1.56. The normalized spacial score (nSPS) is 15.9. The minimum Gasteiger partial charge on any atom is -0.292 e. The molecule has 1 aromatic heterocycles. The molecule has 0 unspecified atom stereocenters. The third-order valence-electron chi connectivity index (χ3n) is 1.96. The monoisotopic (exact) mass is 182 g/mol. The van der Waals surface area contributed by atoms with Gasteiger partial charge in [0.2, 0.25) is 0 Å². The van der Waals surface area contributed by atoms with Gasteiger partial charge in [-0.1, -0.05) is 11.6 Å². The maximum atomic E-state index is 11.3. The van der Waals surface area contributed by atoms with Crippen LogP contribution in [0.4, 0.5) is 0 Å². The molecule has 0 aliphatic heterocycles. The van der Waals surface area contributed by atoms with Crippen LogP contribution in [-0.2, 0) is 6.42 Å². The van der Waals surface area contributed by atoms with Gasteiger partial charge in [0, 0.05) is 6.42 Å². The molecule has 1 aromatic rings. The second kappa shape index (κ2) is 2.83. The number of halogens is 1. The van der Waals surface area contributed by atoms with Crippen LogP contribution in [0.25, 0.3) is 0 Å². The van der Waals surface area contributed by atoms with Crippen molar-refractivity contribution in [3.05, 3.63) is 22.5 Å². The number of aromatic nitrogens is 2. The van der Waals surface area contributed by atoms with Crippen molar-refractivity contribution in [2.75, 3.05) is 0 Å². The molecule has 1 aliphatic rings. The van der Waals surface area contributed by atoms with E-state index in [1.807, 2.05) is 0 Å². The summed E-state index contributed by atoms with van der Waals surface area (Å²) in [7, 11) is 0. The smallest absolute Gasteiger partial charge is 0.183 e. The van der Waals surface area contributed by atoms with E-state index < -0.39 is 0 Å². The van der Waals surface area contributed by atoms with Gasteiger partial charge in [0.25, 0.3) is 0 Å². The van der Waals surface area contributed by atoms with Crippen LogP contribution in [0.5, 0.6) is 0 Å². The van der Waals surface area contributed by atoms with Crippen LogP contribution < -0.4 is 0 Å². The predicted octanol–water partition coefficient (Wildman–Crippen LogP) is 1.65. The van der Waals surface area contributed by atoms with Gasteiger partial charge < -0.3 is 0 Å². The zero-order valence-corrected chi connectivity index (χ0v) is 7.14. The van der Waals surface area contributed by atoms with Crippen LogP contribution in [0.15, 0.2) is 6.07 Å². The van der Waals surface area contributed by atoms with Gasteiger partial charge in [0.1, 0.15) is 5.69 Å². The van der Waals surface area contributed by atoms with E-state index in [0.717, 1.165) is 18.4 Å². The van der Waals surface area contributed by atoms with Gasteiger partial charge in [-0.2, -0.15) is 0 Å². The van der Waals surface area contributed by atoms with Crippen LogP contribution in [-0.4, -0.2) is 16.0 Å². The minimum atomic E-state index is 0.0837. The summed E-state index contributed by atoms with van der Waals surface area (Å²) in [5.74, 6) is 0.0837. The summed E-state index contributed by atoms with van der Waals surface area (Å²) in [5, 5.41) is 7.77. The number of carbonyl (C=O) groups is 1. The lowest BCUT2D eigenvalue weighted by molar-refractivity contribution is 0.0966. The fraction of sp³-hybridized carbons (Fsp3) is 0.375. The Bertz CT molecular complexity index is 338. The van der Waals surface area contributed by atoms with E-state index in [1.165, 1.54) is 0 Å². The maximum Gasteiger partial charge on any atom is 0.183 e. The van der Waals surface area contributed by atoms with E-state index in [4.69, 9.17) is 11.6 Å². The summed E-state index contributed by atoms with van der Waals surface area (Å²) in [5.41, 5.74) is 1.44. The lowest BCUT2D eigenvalue weighted by Crippen LogP contribution is -2.13. The van der Waals surface area contributed by atoms with Gasteiger partial charge in [0.05, 0.1) is 0 Å². The molecular formula is C8H7ClN2O. The molecule has 12 heavy (non-hydrogen) atoms. The molecule has 4 heteroatoms. The van der Waals surface area contributed by atoms with Crippen molar-refractivity contribution in [2.24, 2.45) is 0 Å². The molecule has 0 amide bonds. The summed E-state index contributed by atoms with van der Waals surface area (Å²) >= 11 is 5.64. The first-order chi connectivity index (χ1) is 5.77. The van der Waals surface area contributed by atoms with E-state index in [0.29, 0.717) is 17.3 Å². The maximum absolute atomic E-state index is 11.3. The third kappa shape index (κ3) is 1.20. The number of carbonyl (C=O) groups excluding carboxylic acids is 1. The van der Waals surface area contributed by atoms with Gasteiger partial charge in [0.15, 0.2) is 10.9 Å². The molecule has 0 fully saturated rings. The zero-order valence-electron chi connectivity index (χ0n) is 6.38. The van der Waals surface area contributed by atoms with E-state index in [-0.39, 0.29) is 5.78 Å². The molecule has 1 aliphatic carbocycles. The Hall–Kier alpha value is -0.960. The first-order valence-corrected chi connectivity index (χ1v) is 4.20. The molecule has 2 rings (SSSR count). The predicted molar refractivity (Wildman–Crippen MR) is 44.3 cm³/mol. The molecule has 0 saturated carbocycles. The number of nitrogens with zero attached hydrogens (tertiary/aromatic N) is 2. The molecule has 0 radical (unpaired) electrons. The molecule has 3 nitrogen and oxygen atoms in total. The molecule has 0 spiro atoms. The Kier molecular flexibility index (Phi) is 1.81. The average molecular weight is 183 g/mol. The Morgan fingerprint density at radius 2 is 2.17 bits per heavy atom. The van der Waals surface area contributed by atoms with Crippen molar-refractivity contribution in [1.29, 1.82) is 0 Å². The summed E-state index contributed by atoms with van der Waals surface area (Å²) in [6, 6.07) is 1.72. The molecule has 0 N–H and O–H groups in total. The van der Waals surface area contributed by atoms with Gasteiger partial charge in [-0.3, -0.25) is 4.79 Å². The first kappa shape index (κ1) is 7.68. The molecule has 0 atom stereocenters. The van der Waals surface area contributed by atoms with E-state index >= 15 is 0 Å². The summed E-state index contributed by atoms with van der Waals surface area (Å²) < 4.78 is 0. The van der Waals surface area contributed by atoms with Crippen LogP contribution in [0, 0.1) is 0 Å². The quantitative estimate of drug-likeness (QED) is 0.613. The molecule has 0 bridgehead atoms. The Balaban J connectivity index is 2.53. The number of hydrogen-bond donors (Lipinski definition) is 0. The Labute approximate surface area is 74.8 Å². The van der Waals surface area contributed by atoms with Crippen LogP contribution in [0.3, 0.4) is 0 Å². The summed E-state index contributed by atoms with van der Waals surface area (Å²) in [6.45, 7) is 0.